The topological polar surface area (TPSA) is 49.4 Å². The fourth-order valence-electron chi connectivity index (χ4n) is 2.47. The minimum absolute atomic E-state index is 0.0298. The van der Waals surface area contributed by atoms with Crippen LogP contribution in [0.3, 0.4) is 0 Å². The molecule has 0 aromatic heterocycles. The molecule has 5 heteroatoms. The van der Waals surface area contributed by atoms with Gasteiger partial charge in [0.15, 0.2) is 0 Å². The molecule has 0 radical (unpaired) electrons. The summed E-state index contributed by atoms with van der Waals surface area (Å²) in [5, 5.41) is 3.60. The highest BCUT2D eigenvalue weighted by molar-refractivity contribution is 6.30. The molecule has 0 heterocycles. The number of hydrogen-bond donors (Lipinski definition) is 1. The Morgan fingerprint density at radius 2 is 1.68 bits per heavy atom. The smallest absolute Gasteiger partial charge is 0.221 e. The molecule has 2 aromatic rings. The van der Waals surface area contributed by atoms with Crippen LogP contribution in [0, 0.1) is 0 Å². The van der Waals surface area contributed by atoms with Gasteiger partial charge in [-0.15, -0.1) is 0 Å². The zero-order valence-corrected chi connectivity index (χ0v) is 15.1. The van der Waals surface area contributed by atoms with Crippen LogP contribution in [0.5, 0.6) is 0 Å². The Morgan fingerprint density at radius 1 is 1.00 bits per heavy atom. The minimum atomic E-state index is -0.0479. The van der Waals surface area contributed by atoms with Crippen LogP contribution < -0.4 is 5.32 Å². The monoisotopic (exact) mass is 358 g/mol. The van der Waals surface area contributed by atoms with E-state index in [2.05, 4.69) is 5.32 Å². The lowest BCUT2D eigenvalue weighted by Gasteiger charge is -2.21. The van der Waals surface area contributed by atoms with Crippen LogP contribution in [0.2, 0.25) is 5.02 Å². The highest BCUT2D eigenvalue weighted by atomic mass is 35.5. The molecule has 0 aliphatic rings. The van der Waals surface area contributed by atoms with Crippen molar-refractivity contribution in [1.82, 2.24) is 10.2 Å². The molecule has 0 spiro atoms. The number of rotatable bonds is 8. The average molecular weight is 359 g/mol. The molecule has 0 aliphatic heterocycles. The number of amides is 2. The van der Waals surface area contributed by atoms with Gasteiger partial charge in [-0.2, -0.15) is 0 Å². The van der Waals surface area contributed by atoms with Crippen molar-refractivity contribution in [2.75, 3.05) is 13.1 Å². The van der Waals surface area contributed by atoms with E-state index in [1.165, 1.54) is 6.92 Å². The minimum Gasteiger partial charge on any atom is -0.356 e. The van der Waals surface area contributed by atoms with Crippen molar-refractivity contribution in [2.45, 2.75) is 26.3 Å². The van der Waals surface area contributed by atoms with E-state index < -0.39 is 0 Å². The molecule has 2 amide bonds. The maximum absolute atomic E-state index is 12.0. The first-order chi connectivity index (χ1) is 12.0. The average Bonchev–Trinajstić information content (AvgIpc) is 2.61. The van der Waals surface area contributed by atoms with Gasteiger partial charge in [-0.25, -0.2) is 0 Å². The summed E-state index contributed by atoms with van der Waals surface area (Å²) >= 11 is 5.85. The molecular formula is C20H23ClN2O2. The first kappa shape index (κ1) is 19.0. The van der Waals surface area contributed by atoms with Crippen molar-refractivity contribution in [1.29, 1.82) is 0 Å². The number of benzene rings is 2. The zero-order chi connectivity index (χ0) is 18.1. The molecular weight excluding hydrogens is 336 g/mol. The van der Waals surface area contributed by atoms with E-state index in [0.717, 1.165) is 17.5 Å². The van der Waals surface area contributed by atoms with Gasteiger partial charge >= 0.3 is 0 Å². The van der Waals surface area contributed by atoms with E-state index in [0.29, 0.717) is 31.1 Å². The molecule has 2 rings (SSSR count). The number of nitrogens with one attached hydrogen (secondary N) is 1. The summed E-state index contributed by atoms with van der Waals surface area (Å²) < 4.78 is 0. The predicted molar refractivity (Wildman–Crippen MR) is 100 cm³/mol. The van der Waals surface area contributed by atoms with E-state index in [4.69, 9.17) is 11.6 Å². The molecule has 0 saturated heterocycles. The Bertz CT molecular complexity index is 687. The van der Waals surface area contributed by atoms with Crippen LogP contribution in [-0.4, -0.2) is 29.8 Å². The number of hydrogen-bond acceptors (Lipinski definition) is 2. The molecule has 0 fully saturated rings. The van der Waals surface area contributed by atoms with Crippen LogP contribution in [0.1, 0.15) is 24.5 Å². The molecule has 0 aliphatic carbocycles. The molecule has 0 bridgehead atoms. The number of carbonyl (C=O) groups excluding carboxylic acids is 2. The molecule has 0 unspecified atom stereocenters. The molecule has 2 aromatic carbocycles. The summed E-state index contributed by atoms with van der Waals surface area (Å²) in [5.41, 5.74) is 2.18. The van der Waals surface area contributed by atoms with Crippen molar-refractivity contribution in [3.8, 4) is 0 Å². The maximum atomic E-state index is 12.0. The second-order valence-electron chi connectivity index (χ2n) is 5.90. The Labute approximate surface area is 153 Å². The van der Waals surface area contributed by atoms with Gasteiger partial charge in [0.05, 0.1) is 0 Å². The maximum Gasteiger partial charge on any atom is 0.221 e. The molecule has 132 valence electrons. The van der Waals surface area contributed by atoms with E-state index in [-0.39, 0.29) is 11.8 Å². The van der Waals surface area contributed by atoms with E-state index in [9.17, 15) is 9.59 Å². The third-order valence-electron chi connectivity index (χ3n) is 3.92. The zero-order valence-electron chi connectivity index (χ0n) is 14.4. The predicted octanol–water partition coefficient (Wildman–Crippen LogP) is 3.44. The quantitative estimate of drug-likeness (QED) is 0.785. The summed E-state index contributed by atoms with van der Waals surface area (Å²) in [5.74, 6) is -0.0777. The highest BCUT2D eigenvalue weighted by Gasteiger charge is 2.11. The normalized spacial score (nSPS) is 10.3. The third-order valence-corrected chi connectivity index (χ3v) is 4.17. The Hall–Kier alpha value is -2.33. The summed E-state index contributed by atoms with van der Waals surface area (Å²) in [7, 11) is 0. The second-order valence-corrected chi connectivity index (χ2v) is 6.34. The van der Waals surface area contributed by atoms with Crippen LogP contribution >= 0.6 is 11.6 Å². The first-order valence-electron chi connectivity index (χ1n) is 8.35. The SMILES string of the molecule is CC(=O)N(CCC(=O)NCCc1ccc(Cl)cc1)Cc1ccccc1. The van der Waals surface area contributed by atoms with Gasteiger partial charge < -0.3 is 10.2 Å². The van der Waals surface area contributed by atoms with E-state index in [1.807, 2.05) is 54.6 Å². The van der Waals surface area contributed by atoms with Crippen molar-refractivity contribution >= 4 is 23.4 Å². The summed E-state index contributed by atoms with van der Waals surface area (Å²) in [6, 6.07) is 17.4. The lowest BCUT2D eigenvalue weighted by Crippen LogP contribution is -2.34. The Morgan fingerprint density at radius 3 is 2.32 bits per heavy atom. The molecule has 0 atom stereocenters. The molecule has 0 saturated carbocycles. The summed E-state index contributed by atoms with van der Waals surface area (Å²) in [6.45, 7) is 3.03. The molecule has 4 nitrogen and oxygen atoms in total. The third kappa shape index (κ3) is 6.98. The lowest BCUT2D eigenvalue weighted by atomic mass is 10.1. The highest BCUT2D eigenvalue weighted by Crippen LogP contribution is 2.09. The van der Waals surface area contributed by atoms with Crippen LogP contribution in [0.15, 0.2) is 54.6 Å². The largest absolute Gasteiger partial charge is 0.356 e. The van der Waals surface area contributed by atoms with Crippen molar-refractivity contribution < 1.29 is 9.59 Å². The van der Waals surface area contributed by atoms with Gasteiger partial charge in [0, 0.05) is 38.0 Å². The van der Waals surface area contributed by atoms with Crippen molar-refractivity contribution in [2.24, 2.45) is 0 Å². The second kappa shape index (κ2) is 9.84. The van der Waals surface area contributed by atoms with E-state index >= 15 is 0 Å². The van der Waals surface area contributed by atoms with Crippen molar-refractivity contribution in [3.05, 3.63) is 70.7 Å². The van der Waals surface area contributed by atoms with Crippen molar-refractivity contribution in [3.63, 3.8) is 0 Å². The number of carbonyl (C=O) groups is 2. The van der Waals surface area contributed by atoms with Gasteiger partial charge in [0.1, 0.15) is 0 Å². The van der Waals surface area contributed by atoms with Crippen LogP contribution in [-0.2, 0) is 22.6 Å². The van der Waals surface area contributed by atoms with E-state index in [1.54, 1.807) is 4.90 Å². The number of halogens is 1. The standard InChI is InChI=1S/C20H23ClN2O2/c1-16(24)23(15-18-5-3-2-4-6-18)14-12-20(25)22-13-11-17-7-9-19(21)10-8-17/h2-10H,11-15H2,1H3,(H,22,25). The fraction of sp³-hybridized carbons (Fsp3) is 0.300. The van der Waals surface area contributed by atoms with Gasteiger partial charge in [0.25, 0.3) is 0 Å². The fourth-order valence-corrected chi connectivity index (χ4v) is 2.60. The van der Waals surface area contributed by atoms with Gasteiger partial charge in [-0.3, -0.25) is 9.59 Å². The molecule has 25 heavy (non-hydrogen) atoms. The van der Waals surface area contributed by atoms with Crippen LogP contribution in [0.4, 0.5) is 0 Å². The van der Waals surface area contributed by atoms with Gasteiger partial charge in [-0.1, -0.05) is 54.1 Å². The van der Waals surface area contributed by atoms with Gasteiger partial charge in [0.2, 0.25) is 11.8 Å². The van der Waals surface area contributed by atoms with Gasteiger partial charge in [-0.05, 0) is 29.7 Å². The van der Waals surface area contributed by atoms with Crippen LogP contribution in [0.25, 0.3) is 0 Å². The Balaban J connectivity index is 1.73. The first-order valence-corrected chi connectivity index (χ1v) is 8.73. The molecule has 1 N–H and O–H groups in total. The number of nitrogens with zero attached hydrogens (tertiary/aromatic N) is 1. The summed E-state index contributed by atoms with van der Waals surface area (Å²) in [6.07, 6.45) is 1.05. The Kier molecular flexibility index (Phi) is 7.48. The summed E-state index contributed by atoms with van der Waals surface area (Å²) in [4.78, 5) is 25.5. The lowest BCUT2D eigenvalue weighted by molar-refractivity contribution is -0.130.